The molecule has 2 saturated heterocycles. The van der Waals surface area contributed by atoms with Gasteiger partial charge in [-0.15, -0.1) is 0 Å². The first-order valence-electron chi connectivity index (χ1n) is 5.55. The normalized spacial score (nSPS) is 32.1. The van der Waals surface area contributed by atoms with Gasteiger partial charge in [0.1, 0.15) is 0 Å². The highest BCUT2D eigenvalue weighted by molar-refractivity contribution is 4.86. The molecule has 81 valence electrons. The van der Waals surface area contributed by atoms with Crippen LogP contribution in [0.2, 0.25) is 0 Å². The Morgan fingerprint density at radius 3 is 2.86 bits per heavy atom. The first-order chi connectivity index (χ1) is 6.97. The van der Waals surface area contributed by atoms with Crippen molar-refractivity contribution in [3.63, 3.8) is 0 Å². The van der Waals surface area contributed by atoms with E-state index in [4.69, 9.17) is 9.47 Å². The molecule has 2 rings (SSSR count). The third-order valence-electron chi connectivity index (χ3n) is 2.55. The third kappa shape index (κ3) is 2.92. The Hall–Kier alpha value is -0.160. The third-order valence-corrected chi connectivity index (χ3v) is 2.55. The van der Waals surface area contributed by atoms with Crippen LogP contribution in [0.3, 0.4) is 0 Å². The summed E-state index contributed by atoms with van der Waals surface area (Å²) in [5, 5.41) is 6.62. The number of ether oxygens (including phenoxy) is 2. The molecule has 0 bridgehead atoms. The smallest absolute Gasteiger partial charge is 0.206 e. The van der Waals surface area contributed by atoms with E-state index in [1.54, 1.807) is 0 Å². The van der Waals surface area contributed by atoms with Crippen LogP contribution in [-0.4, -0.2) is 32.5 Å². The minimum atomic E-state index is -0.0457. The Morgan fingerprint density at radius 2 is 1.86 bits per heavy atom. The standard InChI is InChI=1S/C10H19N2O2/c1-3-7-13-9(11-5-1)10-12-6-2-4-8-14-10/h9,11-12H,1-8H2. The molecule has 1 unspecified atom stereocenters. The van der Waals surface area contributed by atoms with E-state index in [0.29, 0.717) is 0 Å². The lowest BCUT2D eigenvalue weighted by atomic mass is 10.3. The highest BCUT2D eigenvalue weighted by Gasteiger charge is 2.26. The van der Waals surface area contributed by atoms with Crippen LogP contribution in [0.15, 0.2) is 0 Å². The van der Waals surface area contributed by atoms with Gasteiger partial charge < -0.3 is 9.47 Å². The predicted octanol–water partition coefficient (Wildman–Crippen LogP) is 0.602. The van der Waals surface area contributed by atoms with Gasteiger partial charge in [0, 0.05) is 13.2 Å². The quantitative estimate of drug-likeness (QED) is 0.649. The average Bonchev–Trinajstić information content (AvgIpc) is 2.62. The molecule has 0 aromatic carbocycles. The molecule has 4 heteroatoms. The Bertz CT molecular complexity index is 132. The molecule has 0 spiro atoms. The molecular formula is C10H19N2O2. The van der Waals surface area contributed by atoms with E-state index >= 15 is 0 Å². The maximum Gasteiger partial charge on any atom is 0.206 e. The van der Waals surface area contributed by atoms with Crippen molar-refractivity contribution in [1.29, 1.82) is 0 Å². The Balaban J connectivity index is 1.83. The van der Waals surface area contributed by atoms with E-state index in [-0.39, 0.29) is 6.23 Å². The van der Waals surface area contributed by atoms with Crippen molar-refractivity contribution in [2.24, 2.45) is 0 Å². The molecule has 2 heterocycles. The zero-order chi connectivity index (χ0) is 9.64. The van der Waals surface area contributed by atoms with Crippen LogP contribution < -0.4 is 10.6 Å². The lowest BCUT2D eigenvalue weighted by Gasteiger charge is -2.24. The molecule has 1 radical (unpaired) electrons. The monoisotopic (exact) mass is 199 g/mol. The minimum absolute atomic E-state index is 0.0457. The van der Waals surface area contributed by atoms with Crippen LogP contribution in [0.5, 0.6) is 0 Å². The first-order valence-corrected chi connectivity index (χ1v) is 5.55. The summed E-state index contributed by atoms with van der Waals surface area (Å²) in [4.78, 5) is 0. The molecule has 0 saturated carbocycles. The summed E-state index contributed by atoms with van der Waals surface area (Å²) in [5.74, 6) is 0. The van der Waals surface area contributed by atoms with Crippen LogP contribution in [0.25, 0.3) is 0 Å². The minimum Gasteiger partial charge on any atom is -0.359 e. The molecule has 1 atom stereocenters. The molecule has 0 aromatic rings. The summed E-state index contributed by atoms with van der Waals surface area (Å²) in [5.41, 5.74) is 0. The summed E-state index contributed by atoms with van der Waals surface area (Å²) >= 11 is 0. The first kappa shape index (κ1) is 10.4. The SMILES string of the molecule is C1CCO[C](C2NCCCCO2)NC1. The molecule has 0 amide bonds. The second-order valence-electron chi connectivity index (χ2n) is 3.76. The molecular weight excluding hydrogens is 180 g/mol. The Labute approximate surface area is 85.3 Å². The van der Waals surface area contributed by atoms with Gasteiger partial charge in [-0.05, 0) is 38.8 Å². The Kier molecular flexibility index (Phi) is 4.19. The molecule has 2 fully saturated rings. The molecule has 2 N–H and O–H groups in total. The molecule has 0 aromatic heterocycles. The van der Waals surface area contributed by atoms with Crippen molar-refractivity contribution in [3.05, 3.63) is 6.23 Å². The second-order valence-corrected chi connectivity index (χ2v) is 3.76. The molecule has 0 aliphatic carbocycles. The van der Waals surface area contributed by atoms with Crippen LogP contribution >= 0.6 is 0 Å². The fraction of sp³-hybridized carbons (Fsp3) is 0.900. The van der Waals surface area contributed by atoms with Gasteiger partial charge in [-0.3, -0.25) is 10.6 Å². The van der Waals surface area contributed by atoms with Gasteiger partial charge in [0.25, 0.3) is 0 Å². The molecule has 2 aliphatic heterocycles. The van der Waals surface area contributed by atoms with Gasteiger partial charge in [0.05, 0.1) is 0 Å². The van der Waals surface area contributed by atoms with Gasteiger partial charge in [-0.2, -0.15) is 0 Å². The number of rotatable bonds is 1. The lowest BCUT2D eigenvalue weighted by molar-refractivity contribution is -0.0278. The van der Waals surface area contributed by atoms with Crippen LogP contribution in [-0.2, 0) is 9.47 Å². The number of hydrogen-bond acceptors (Lipinski definition) is 4. The van der Waals surface area contributed by atoms with Crippen molar-refractivity contribution in [1.82, 2.24) is 10.6 Å². The average molecular weight is 199 g/mol. The van der Waals surface area contributed by atoms with E-state index < -0.39 is 0 Å². The summed E-state index contributed by atoms with van der Waals surface area (Å²) < 4.78 is 11.3. The zero-order valence-electron chi connectivity index (χ0n) is 8.55. The maximum atomic E-state index is 5.66. The zero-order valence-corrected chi connectivity index (χ0v) is 8.55. The number of nitrogens with one attached hydrogen (secondary N) is 2. The van der Waals surface area contributed by atoms with Gasteiger partial charge >= 0.3 is 0 Å². The van der Waals surface area contributed by atoms with Crippen LogP contribution in [0, 0.1) is 6.23 Å². The van der Waals surface area contributed by atoms with Crippen LogP contribution in [0.4, 0.5) is 0 Å². The second kappa shape index (κ2) is 5.66. The van der Waals surface area contributed by atoms with Crippen LogP contribution in [0.1, 0.15) is 25.7 Å². The van der Waals surface area contributed by atoms with Gasteiger partial charge in [0.2, 0.25) is 6.23 Å². The summed E-state index contributed by atoms with van der Waals surface area (Å²) in [6, 6.07) is 0. The summed E-state index contributed by atoms with van der Waals surface area (Å²) in [6.45, 7) is 3.64. The van der Waals surface area contributed by atoms with E-state index in [1.165, 1.54) is 12.8 Å². The van der Waals surface area contributed by atoms with Crippen molar-refractivity contribution in [2.45, 2.75) is 31.9 Å². The van der Waals surface area contributed by atoms with E-state index in [0.717, 1.165) is 45.4 Å². The molecule has 2 aliphatic rings. The largest absolute Gasteiger partial charge is 0.359 e. The van der Waals surface area contributed by atoms with Gasteiger partial charge in [-0.25, -0.2) is 0 Å². The molecule has 4 nitrogen and oxygen atoms in total. The van der Waals surface area contributed by atoms with Crippen molar-refractivity contribution < 1.29 is 9.47 Å². The van der Waals surface area contributed by atoms with E-state index in [1.807, 2.05) is 0 Å². The maximum absolute atomic E-state index is 5.66. The Morgan fingerprint density at radius 1 is 1.00 bits per heavy atom. The lowest BCUT2D eigenvalue weighted by Crippen LogP contribution is -2.44. The van der Waals surface area contributed by atoms with E-state index in [9.17, 15) is 0 Å². The summed E-state index contributed by atoms with van der Waals surface area (Å²) in [6.07, 6.45) is 5.46. The van der Waals surface area contributed by atoms with Crippen molar-refractivity contribution >= 4 is 0 Å². The predicted molar refractivity (Wildman–Crippen MR) is 53.4 cm³/mol. The fourth-order valence-corrected chi connectivity index (χ4v) is 1.73. The van der Waals surface area contributed by atoms with Crippen molar-refractivity contribution in [3.8, 4) is 0 Å². The van der Waals surface area contributed by atoms with Gasteiger partial charge in [0.15, 0.2) is 6.23 Å². The number of hydrogen-bond donors (Lipinski definition) is 2. The topological polar surface area (TPSA) is 42.5 Å². The molecule has 14 heavy (non-hydrogen) atoms. The highest BCUT2D eigenvalue weighted by Crippen LogP contribution is 2.13. The van der Waals surface area contributed by atoms with Gasteiger partial charge in [-0.1, -0.05) is 0 Å². The van der Waals surface area contributed by atoms with Crippen molar-refractivity contribution in [2.75, 3.05) is 26.3 Å². The highest BCUT2D eigenvalue weighted by atomic mass is 16.6. The fourth-order valence-electron chi connectivity index (χ4n) is 1.73. The van der Waals surface area contributed by atoms with E-state index in [2.05, 4.69) is 10.6 Å². The summed E-state index contributed by atoms with van der Waals surface area (Å²) in [7, 11) is 0.